The lowest BCUT2D eigenvalue weighted by atomic mass is 10.2. The molecule has 0 bridgehead atoms. The zero-order valence-corrected chi connectivity index (χ0v) is 18.1. The fraction of sp³-hybridized carbons (Fsp3) is 0.0435. The van der Waals surface area contributed by atoms with E-state index in [0.717, 1.165) is 17.6 Å². The minimum absolute atomic E-state index is 0.0155. The summed E-state index contributed by atoms with van der Waals surface area (Å²) in [5.41, 5.74) is 1.65. The van der Waals surface area contributed by atoms with E-state index in [9.17, 15) is 13.2 Å². The second-order valence-corrected chi connectivity index (χ2v) is 9.54. The Morgan fingerprint density at radius 3 is 2.26 bits per heavy atom. The highest BCUT2D eigenvalue weighted by molar-refractivity contribution is 7.90. The number of nitrogens with zero attached hydrogens (tertiary/aromatic N) is 1. The zero-order chi connectivity index (χ0) is 21.8. The number of carbonyl (C=O) groups excluding carboxylic acids is 1. The Morgan fingerprint density at radius 2 is 1.55 bits per heavy atom. The first-order chi connectivity index (χ1) is 14.9. The Balaban J connectivity index is 1.48. The highest BCUT2D eigenvalue weighted by Gasteiger charge is 2.19. The van der Waals surface area contributed by atoms with Crippen molar-refractivity contribution < 1.29 is 17.9 Å². The van der Waals surface area contributed by atoms with Crippen molar-refractivity contribution in [1.29, 1.82) is 0 Å². The summed E-state index contributed by atoms with van der Waals surface area (Å²) in [6.07, 6.45) is 1.08. The summed E-state index contributed by atoms with van der Waals surface area (Å²) in [5, 5.41) is 4.89. The number of hydrogen-bond donors (Lipinski definition) is 1. The van der Waals surface area contributed by atoms with Gasteiger partial charge < -0.3 is 4.74 Å². The van der Waals surface area contributed by atoms with E-state index in [-0.39, 0.29) is 10.5 Å². The van der Waals surface area contributed by atoms with E-state index in [2.05, 4.69) is 10.3 Å². The Bertz CT molecular complexity index is 1320. The molecule has 0 unspecified atom stereocenters. The van der Waals surface area contributed by atoms with Gasteiger partial charge in [0.2, 0.25) is 0 Å². The van der Waals surface area contributed by atoms with Crippen LogP contribution in [0.5, 0.6) is 11.5 Å². The smallest absolute Gasteiger partial charge is 0.258 e. The van der Waals surface area contributed by atoms with Gasteiger partial charge in [0.15, 0.2) is 15.0 Å². The van der Waals surface area contributed by atoms with Crippen LogP contribution < -0.4 is 10.1 Å². The first kappa shape index (κ1) is 20.8. The van der Waals surface area contributed by atoms with Crippen molar-refractivity contribution in [3.63, 3.8) is 0 Å². The van der Waals surface area contributed by atoms with Crippen molar-refractivity contribution in [3.05, 3.63) is 89.8 Å². The van der Waals surface area contributed by atoms with Gasteiger partial charge in [-0.2, -0.15) is 0 Å². The molecule has 0 fully saturated rings. The zero-order valence-electron chi connectivity index (χ0n) is 16.5. The van der Waals surface area contributed by atoms with Gasteiger partial charge in [-0.1, -0.05) is 30.3 Å². The standard InChI is InChI=1S/C23H18N2O4S2/c1-31(27,28)21-10-6-5-9-19(21)22(26)25-23-24-20(15-30-23)16-11-13-18(14-12-16)29-17-7-3-2-4-8-17/h2-15H,1H3,(H,24,25,26). The molecule has 0 aliphatic heterocycles. The van der Waals surface area contributed by atoms with Crippen LogP contribution in [-0.4, -0.2) is 25.6 Å². The lowest BCUT2D eigenvalue weighted by Crippen LogP contribution is -2.15. The summed E-state index contributed by atoms with van der Waals surface area (Å²) in [6, 6.07) is 23.1. The van der Waals surface area contributed by atoms with Gasteiger partial charge >= 0.3 is 0 Å². The van der Waals surface area contributed by atoms with Gasteiger partial charge in [0.05, 0.1) is 16.2 Å². The number of ether oxygens (including phenoxy) is 1. The quantitative estimate of drug-likeness (QED) is 0.433. The third-order valence-corrected chi connectivity index (χ3v) is 6.30. The van der Waals surface area contributed by atoms with Gasteiger partial charge in [-0.05, 0) is 48.5 Å². The van der Waals surface area contributed by atoms with Crippen LogP contribution in [0.1, 0.15) is 10.4 Å². The van der Waals surface area contributed by atoms with Crippen molar-refractivity contribution in [2.24, 2.45) is 0 Å². The van der Waals surface area contributed by atoms with Gasteiger partial charge in [-0.25, -0.2) is 13.4 Å². The average molecular weight is 451 g/mol. The van der Waals surface area contributed by atoms with E-state index in [1.165, 1.54) is 23.5 Å². The molecule has 1 aromatic heterocycles. The number of hydrogen-bond acceptors (Lipinski definition) is 6. The van der Waals surface area contributed by atoms with Crippen LogP contribution >= 0.6 is 11.3 Å². The van der Waals surface area contributed by atoms with Crippen LogP contribution in [0.3, 0.4) is 0 Å². The molecule has 6 nitrogen and oxygen atoms in total. The summed E-state index contributed by atoms with van der Waals surface area (Å²) in [6.45, 7) is 0. The number of rotatable bonds is 6. The molecule has 0 aliphatic carbocycles. The first-order valence-corrected chi connectivity index (χ1v) is 12.1. The monoisotopic (exact) mass is 450 g/mol. The number of benzene rings is 3. The first-order valence-electron chi connectivity index (χ1n) is 9.29. The third kappa shape index (κ3) is 4.99. The van der Waals surface area contributed by atoms with Crippen LogP contribution in [-0.2, 0) is 9.84 Å². The molecule has 1 heterocycles. The highest BCUT2D eigenvalue weighted by Crippen LogP contribution is 2.28. The molecule has 1 N–H and O–H groups in total. The molecule has 0 saturated heterocycles. The molecule has 0 atom stereocenters. The molecule has 0 radical (unpaired) electrons. The number of para-hydroxylation sites is 1. The average Bonchev–Trinajstić information content (AvgIpc) is 3.23. The fourth-order valence-corrected chi connectivity index (χ4v) is 4.52. The number of nitrogens with one attached hydrogen (secondary N) is 1. The molecule has 0 spiro atoms. The van der Waals surface area contributed by atoms with Crippen LogP contribution in [0.2, 0.25) is 0 Å². The van der Waals surface area contributed by atoms with E-state index >= 15 is 0 Å². The van der Waals surface area contributed by atoms with Crippen molar-refractivity contribution in [2.75, 3.05) is 11.6 Å². The Hall–Kier alpha value is -3.49. The van der Waals surface area contributed by atoms with E-state index in [1.54, 1.807) is 12.1 Å². The predicted octanol–water partition coefficient (Wildman–Crippen LogP) is 5.26. The second kappa shape index (κ2) is 8.71. The maximum atomic E-state index is 12.6. The fourth-order valence-electron chi connectivity index (χ4n) is 2.92. The number of anilines is 1. The second-order valence-electron chi connectivity index (χ2n) is 6.70. The minimum Gasteiger partial charge on any atom is -0.457 e. The van der Waals surface area contributed by atoms with Crippen LogP contribution in [0.15, 0.2) is 89.1 Å². The topological polar surface area (TPSA) is 85.4 Å². The van der Waals surface area contributed by atoms with Crippen molar-refractivity contribution >= 4 is 32.2 Å². The van der Waals surface area contributed by atoms with Gasteiger partial charge in [0, 0.05) is 17.2 Å². The van der Waals surface area contributed by atoms with Gasteiger partial charge in [0.1, 0.15) is 11.5 Å². The maximum Gasteiger partial charge on any atom is 0.258 e. The van der Waals surface area contributed by atoms with E-state index in [4.69, 9.17) is 4.74 Å². The molecule has 4 aromatic rings. The summed E-state index contributed by atoms with van der Waals surface area (Å²) < 4.78 is 29.7. The summed E-state index contributed by atoms with van der Waals surface area (Å²) in [4.78, 5) is 17.1. The highest BCUT2D eigenvalue weighted by atomic mass is 32.2. The molecule has 156 valence electrons. The van der Waals surface area contributed by atoms with Gasteiger partial charge in [0.25, 0.3) is 5.91 Å². The molecule has 4 rings (SSSR count). The van der Waals surface area contributed by atoms with Crippen molar-refractivity contribution in [1.82, 2.24) is 4.98 Å². The van der Waals surface area contributed by atoms with Crippen LogP contribution in [0, 0.1) is 0 Å². The largest absolute Gasteiger partial charge is 0.457 e. The van der Waals surface area contributed by atoms with Crippen LogP contribution in [0.4, 0.5) is 5.13 Å². The maximum absolute atomic E-state index is 12.6. The summed E-state index contributed by atoms with van der Waals surface area (Å²) >= 11 is 1.26. The minimum atomic E-state index is -3.53. The lowest BCUT2D eigenvalue weighted by molar-refractivity contribution is 0.102. The molecule has 1 amide bonds. The number of thiazole rings is 1. The molecular weight excluding hydrogens is 432 g/mol. The molecule has 8 heteroatoms. The number of sulfone groups is 1. The van der Waals surface area contributed by atoms with Crippen molar-refractivity contribution in [2.45, 2.75) is 4.90 Å². The Kier molecular flexibility index (Phi) is 5.83. The third-order valence-electron chi connectivity index (χ3n) is 4.38. The van der Waals surface area contributed by atoms with E-state index in [0.29, 0.717) is 16.6 Å². The number of amides is 1. The number of carbonyl (C=O) groups is 1. The number of aromatic nitrogens is 1. The van der Waals surface area contributed by atoms with E-state index < -0.39 is 15.7 Å². The van der Waals surface area contributed by atoms with Gasteiger partial charge in [-0.3, -0.25) is 10.1 Å². The van der Waals surface area contributed by atoms with E-state index in [1.807, 2.05) is 60.0 Å². The molecule has 0 aliphatic rings. The Morgan fingerprint density at radius 1 is 0.903 bits per heavy atom. The summed E-state index contributed by atoms with van der Waals surface area (Å²) in [7, 11) is -3.53. The summed E-state index contributed by atoms with van der Waals surface area (Å²) in [5.74, 6) is 0.938. The molecule has 31 heavy (non-hydrogen) atoms. The predicted molar refractivity (Wildman–Crippen MR) is 122 cm³/mol. The molecule has 3 aromatic carbocycles. The Labute approximate surface area is 184 Å². The van der Waals surface area contributed by atoms with Gasteiger partial charge in [-0.15, -0.1) is 11.3 Å². The molecule has 0 saturated carbocycles. The van der Waals surface area contributed by atoms with Crippen LogP contribution in [0.25, 0.3) is 11.3 Å². The van der Waals surface area contributed by atoms with Crippen molar-refractivity contribution in [3.8, 4) is 22.8 Å². The SMILES string of the molecule is CS(=O)(=O)c1ccccc1C(=O)Nc1nc(-c2ccc(Oc3ccccc3)cc2)cs1. The lowest BCUT2D eigenvalue weighted by Gasteiger charge is -2.07. The normalized spacial score (nSPS) is 11.1. The molecular formula is C23H18N2O4S2.